The summed E-state index contributed by atoms with van der Waals surface area (Å²) >= 11 is 0. The Morgan fingerprint density at radius 2 is 0.218 bits per heavy atom. The third-order valence-corrected chi connectivity index (χ3v) is 12.0. The van der Waals surface area contributed by atoms with Crippen molar-refractivity contribution in [3.8, 4) is 0 Å². The van der Waals surface area contributed by atoms with Crippen molar-refractivity contribution in [1.82, 2.24) is 0 Å². The normalized spacial score (nSPS) is 7.48. The summed E-state index contributed by atoms with van der Waals surface area (Å²) in [4.78, 5) is 31.0. The van der Waals surface area contributed by atoms with Gasteiger partial charge in [-0.1, -0.05) is 290 Å². The number of rotatable bonds is 48. The summed E-state index contributed by atoms with van der Waals surface area (Å²) in [6.07, 6.45) is 60.6. The Kier molecular flexibility index (Phi) is 492. The number of hydrogen-bond donors (Lipinski definition) is 3. The van der Waals surface area contributed by atoms with E-state index >= 15 is 0 Å². The number of hydrogen-bond acceptors (Lipinski definition) is 3. The van der Waals surface area contributed by atoms with Crippen molar-refractivity contribution < 1.29 is 29.7 Å². The first-order valence-corrected chi connectivity index (χ1v) is 27.0. The van der Waals surface area contributed by atoms with Crippen molar-refractivity contribution >= 4 is 1040 Å². The van der Waals surface area contributed by atoms with Gasteiger partial charge in [0, 0.05) is 19.3 Å². The second-order valence-electron chi connectivity index (χ2n) is 18.3. The number of unbranched alkanes of at least 4 members (excludes halogenated alkanes) is 42. The quantitative estimate of drug-likeness (QED) is 0.0416. The van der Waals surface area contributed by atoms with E-state index in [2.05, 4.69) is 20.8 Å². The van der Waals surface area contributed by atoms with Crippen molar-refractivity contribution in [2.75, 3.05) is 0 Å². The molecule has 0 unspecified atom stereocenters. The van der Waals surface area contributed by atoms with Gasteiger partial charge >= 0.3 is 1040 Å². The van der Waals surface area contributed by atoms with E-state index in [0.29, 0.717) is 19.3 Å². The second-order valence-corrected chi connectivity index (χ2v) is 18.3. The fraction of sp³-hybridized carbons (Fsp3) is 0.944. The SMILES string of the molecule is CCCCCCCCCCCCCCCCCC(=O)O.CCCCCCCCCCCCCCCCCC(=O)O.CCCCCCCCCCCCCCCCCC(=O)O.[Ca+2].[Ca+2].[Ca+2].[Ca+2].[Ca+2].[Ca+2].[Ca+2].[Ca+2].[Ca+2].[Ca+2].[Ca+2].[Ca+2].[Ca+2].[Ca+2].[Ca+2].[Ca+2].[Ca+2].[Ca+2].[Ca+2].[Ca+2].[Ca+2].[Ca+2].[Ca+2].[Ca+2].[Ca+2].[Ca+2].[Ca+2]. The van der Waals surface area contributed by atoms with Gasteiger partial charge in [0.15, 0.2) is 0 Å². The summed E-state index contributed by atoms with van der Waals surface area (Å²) in [6, 6.07) is 0. The molecule has 0 aliphatic carbocycles. The predicted octanol–water partition coefficient (Wildman–Crippen LogP) is 8.72. The molecular weight excluding hydrogens is 1830 g/mol. The standard InChI is InChI=1S/3C18H36O2.27Ca/c3*1-2-3-4-5-6-7-8-9-10-11-12-13-14-15-16-17-18(19)20;;;;;;;;;;;;;;;;;;;;;;;;;;;/h3*2-17H2,1H3,(H,19,20);;;;;;;;;;;;;;;;;;;;;;;;;;;/q;;;27*+2. The molecule has 0 saturated carbocycles. The molecular formula is C54H108Ca27O6+54. The average molecular weight is 1940 g/mol. The molecule has 0 fully saturated rings. The van der Waals surface area contributed by atoms with Gasteiger partial charge < -0.3 is 15.3 Å². The number of carboxylic acids is 3. The Labute approximate surface area is 1350 Å². The van der Waals surface area contributed by atoms with Crippen LogP contribution < -0.4 is 0 Å². The maximum Gasteiger partial charge on any atom is 2.00 e. The third-order valence-electron chi connectivity index (χ3n) is 12.0. The molecule has 0 aromatic rings. The van der Waals surface area contributed by atoms with Crippen LogP contribution in [0, 0.1) is 0 Å². The molecule has 0 radical (unpaired) electrons. The molecule has 0 atom stereocenters. The summed E-state index contributed by atoms with van der Waals surface area (Å²) in [6.45, 7) is 6.81. The van der Waals surface area contributed by atoms with Crippen molar-refractivity contribution in [2.45, 2.75) is 329 Å². The molecule has 0 rings (SSSR count). The van der Waals surface area contributed by atoms with Gasteiger partial charge in [-0.25, -0.2) is 0 Å². The van der Waals surface area contributed by atoms with Gasteiger partial charge in [-0.3, -0.25) is 14.4 Å². The minimum absolute atomic E-state index is 0. The molecule has 0 aliphatic rings. The van der Waals surface area contributed by atoms with Crippen LogP contribution in [0.5, 0.6) is 0 Å². The van der Waals surface area contributed by atoms with Crippen LogP contribution in [0.25, 0.3) is 0 Å². The van der Waals surface area contributed by atoms with Crippen molar-refractivity contribution in [1.29, 1.82) is 0 Å². The van der Waals surface area contributed by atoms with Gasteiger partial charge in [0.05, 0.1) is 0 Å². The van der Waals surface area contributed by atoms with Crippen molar-refractivity contribution in [3.63, 3.8) is 0 Å². The summed E-state index contributed by atoms with van der Waals surface area (Å²) in [5.74, 6) is -1.96. The van der Waals surface area contributed by atoms with Crippen molar-refractivity contribution in [2.24, 2.45) is 0 Å². The first kappa shape index (κ1) is 209. The third kappa shape index (κ3) is 231. The molecule has 360 valence electrons. The van der Waals surface area contributed by atoms with Gasteiger partial charge in [-0.2, -0.15) is 0 Å². The largest absolute Gasteiger partial charge is 2.00 e. The topological polar surface area (TPSA) is 112 Å². The van der Waals surface area contributed by atoms with Gasteiger partial charge in [-0.05, 0) is 19.3 Å². The van der Waals surface area contributed by atoms with Crippen LogP contribution in [0.3, 0.4) is 0 Å². The van der Waals surface area contributed by atoms with E-state index in [4.69, 9.17) is 15.3 Å². The van der Waals surface area contributed by atoms with Gasteiger partial charge in [0.2, 0.25) is 0 Å². The smallest absolute Gasteiger partial charge is 0.481 e. The second kappa shape index (κ2) is 204. The number of carbonyl (C=O) groups is 3. The Morgan fingerprint density at radius 1 is 0.149 bits per heavy atom. The molecule has 0 aromatic heterocycles. The Balaban J connectivity index is -0.0000000173. The van der Waals surface area contributed by atoms with E-state index in [1.165, 1.54) is 250 Å². The monoisotopic (exact) mass is 1930 g/mol. The number of aliphatic carboxylic acids is 3. The molecule has 3 N–H and O–H groups in total. The van der Waals surface area contributed by atoms with E-state index < -0.39 is 17.9 Å². The zero-order valence-corrected chi connectivity index (χ0v) is 120. The zero-order chi connectivity index (χ0) is 44.7. The Bertz CT molecular complexity index is 787. The number of carboxylic acid groups (broad SMARTS) is 3. The molecule has 0 amide bonds. The molecule has 0 spiro atoms. The van der Waals surface area contributed by atoms with E-state index in [1.807, 2.05) is 0 Å². The maximum atomic E-state index is 10.3. The molecule has 0 aromatic carbocycles. The minimum atomic E-state index is -0.653. The molecule has 0 heterocycles. The van der Waals surface area contributed by atoms with Crippen LogP contribution in [-0.4, -0.2) is 1050 Å². The minimum Gasteiger partial charge on any atom is -0.481 e. The average Bonchev–Trinajstić information content (AvgIpc) is 3.22. The predicted molar refractivity (Wildman–Crippen MR) is 417 cm³/mol. The van der Waals surface area contributed by atoms with Crippen LogP contribution in [0.15, 0.2) is 0 Å². The van der Waals surface area contributed by atoms with E-state index in [9.17, 15) is 14.4 Å². The first-order valence-electron chi connectivity index (χ1n) is 27.0. The van der Waals surface area contributed by atoms with Crippen LogP contribution in [0.1, 0.15) is 329 Å². The Hall–Kier alpha value is 32.4. The zero-order valence-electron chi connectivity index (χ0n) is 60.1. The summed E-state index contributed by atoms with van der Waals surface area (Å²) in [7, 11) is 0. The van der Waals surface area contributed by atoms with E-state index in [-0.39, 0.29) is 1020 Å². The fourth-order valence-corrected chi connectivity index (χ4v) is 7.94. The van der Waals surface area contributed by atoms with Gasteiger partial charge in [0.1, 0.15) is 0 Å². The van der Waals surface area contributed by atoms with Crippen LogP contribution >= 0.6 is 0 Å². The van der Waals surface area contributed by atoms with Gasteiger partial charge in [-0.15, -0.1) is 0 Å². The first-order chi connectivity index (χ1) is 29.3. The van der Waals surface area contributed by atoms with Crippen LogP contribution in [-0.2, 0) is 14.4 Å². The Morgan fingerprint density at radius 3 is 0.287 bits per heavy atom. The molecule has 0 saturated heterocycles. The summed E-state index contributed by atoms with van der Waals surface area (Å²) < 4.78 is 0. The summed E-state index contributed by atoms with van der Waals surface area (Å²) in [5.41, 5.74) is 0. The molecule has 0 aliphatic heterocycles. The molecule has 87 heavy (non-hydrogen) atoms. The summed E-state index contributed by atoms with van der Waals surface area (Å²) in [5, 5.41) is 25.6. The molecule has 0 bridgehead atoms. The van der Waals surface area contributed by atoms with Gasteiger partial charge in [0.25, 0.3) is 0 Å². The maximum absolute atomic E-state index is 10.3. The fourth-order valence-electron chi connectivity index (χ4n) is 7.94. The van der Waals surface area contributed by atoms with Crippen LogP contribution in [0.4, 0.5) is 0 Å². The van der Waals surface area contributed by atoms with E-state index in [0.717, 1.165) is 38.5 Å². The molecule has 6 nitrogen and oxygen atoms in total. The van der Waals surface area contributed by atoms with E-state index in [1.54, 1.807) is 0 Å². The molecule has 33 heteroatoms. The van der Waals surface area contributed by atoms with Crippen LogP contribution in [0.2, 0.25) is 0 Å². The van der Waals surface area contributed by atoms with Crippen molar-refractivity contribution in [3.05, 3.63) is 0 Å².